The minimum atomic E-state index is 0.172. The number of aromatic nitrogens is 2. The van der Waals surface area contributed by atoms with Gasteiger partial charge >= 0.3 is 0 Å². The smallest absolute Gasteiger partial charge is 0.150 e. The van der Waals surface area contributed by atoms with Crippen molar-refractivity contribution < 1.29 is 4.74 Å². The molecule has 3 nitrogen and oxygen atoms in total. The molecule has 1 aromatic rings. The van der Waals surface area contributed by atoms with E-state index >= 15 is 0 Å². The second-order valence-corrected chi connectivity index (χ2v) is 4.63. The van der Waals surface area contributed by atoms with Crippen LogP contribution in [0.5, 0.6) is 0 Å². The maximum absolute atomic E-state index is 5.74. The van der Waals surface area contributed by atoms with E-state index in [1.54, 1.807) is 0 Å². The molecule has 2 rings (SSSR count). The van der Waals surface area contributed by atoms with Crippen LogP contribution in [0.15, 0.2) is 6.07 Å². The van der Waals surface area contributed by atoms with Gasteiger partial charge in [0.05, 0.1) is 5.69 Å². The summed E-state index contributed by atoms with van der Waals surface area (Å²) in [5, 5.41) is 4.62. The molecule has 0 saturated carbocycles. The highest BCUT2D eigenvalue weighted by atomic mass is 16.5. The highest BCUT2D eigenvalue weighted by Crippen LogP contribution is 2.25. The van der Waals surface area contributed by atoms with Crippen molar-refractivity contribution in [3.05, 3.63) is 17.5 Å². The van der Waals surface area contributed by atoms with Crippen molar-refractivity contribution >= 4 is 0 Å². The van der Waals surface area contributed by atoms with Gasteiger partial charge in [-0.1, -0.05) is 13.8 Å². The lowest BCUT2D eigenvalue weighted by Crippen LogP contribution is -2.20. The minimum Gasteiger partial charge on any atom is -0.357 e. The van der Waals surface area contributed by atoms with E-state index in [9.17, 15) is 0 Å². The van der Waals surface area contributed by atoms with Crippen LogP contribution in [0.2, 0.25) is 0 Å². The fraction of sp³-hybridized carbons (Fsp3) is 0.750. The second kappa shape index (κ2) is 4.35. The predicted molar refractivity (Wildman–Crippen MR) is 59.9 cm³/mol. The van der Waals surface area contributed by atoms with Crippen LogP contribution in [0.4, 0.5) is 0 Å². The van der Waals surface area contributed by atoms with Gasteiger partial charge in [0.25, 0.3) is 0 Å². The van der Waals surface area contributed by atoms with E-state index in [0.717, 1.165) is 13.0 Å². The molecule has 0 N–H and O–H groups in total. The Balaban J connectivity index is 2.19. The van der Waals surface area contributed by atoms with Crippen molar-refractivity contribution in [2.45, 2.75) is 52.2 Å². The molecule has 1 aromatic heterocycles. The zero-order valence-corrected chi connectivity index (χ0v) is 9.86. The molecule has 84 valence electrons. The first-order valence-electron chi connectivity index (χ1n) is 5.86. The summed E-state index contributed by atoms with van der Waals surface area (Å²) in [6, 6.07) is 2.17. The summed E-state index contributed by atoms with van der Waals surface area (Å²) in [4.78, 5) is 0. The Hall–Kier alpha value is -0.830. The van der Waals surface area contributed by atoms with E-state index < -0.39 is 0 Å². The minimum absolute atomic E-state index is 0.172. The molecule has 0 aliphatic carbocycles. The van der Waals surface area contributed by atoms with Gasteiger partial charge in [-0.15, -0.1) is 0 Å². The largest absolute Gasteiger partial charge is 0.357 e. The monoisotopic (exact) mass is 208 g/mol. The number of aryl methyl sites for hydroxylation is 1. The normalized spacial score (nSPS) is 22.3. The number of rotatable bonds is 2. The number of hydrogen-bond acceptors (Lipinski definition) is 2. The Bertz CT molecular complexity index is 324. The van der Waals surface area contributed by atoms with E-state index in [1.807, 2.05) is 0 Å². The molecule has 1 fully saturated rings. The van der Waals surface area contributed by atoms with Crippen LogP contribution in [-0.2, 0) is 4.74 Å². The highest BCUT2D eigenvalue weighted by Gasteiger charge is 2.19. The van der Waals surface area contributed by atoms with Crippen LogP contribution >= 0.6 is 0 Å². The van der Waals surface area contributed by atoms with Crippen molar-refractivity contribution in [3.8, 4) is 0 Å². The summed E-state index contributed by atoms with van der Waals surface area (Å²) in [7, 11) is 0. The number of hydrogen-bond donors (Lipinski definition) is 0. The Morgan fingerprint density at radius 3 is 2.80 bits per heavy atom. The Morgan fingerprint density at radius 1 is 1.47 bits per heavy atom. The molecule has 0 radical (unpaired) electrons. The summed E-state index contributed by atoms with van der Waals surface area (Å²) in [6.07, 6.45) is 3.71. The summed E-state index contributed by atoms with van der Waals surface area (Å²) < 4.78 is 7.79. The average molecular weight is 208 g/mol. The fourth-order valence-corrected chi connectivity index (χ4v) is 2.00. The third kappa shape index (κ3) is 2.23. The molecule has 1 saturated heterocycles. The zero-order valence-electron chi connectivity index (χ0n) is 9.86. The van der Waals surface area contributed by atoms with E-state index in [0.29, 0.717) is 5.92 Å². The molecule has 1 aliphatic heterocycles. The highest BCUT2D eigenvalue weighted by molar-refractivity contribution is 5.12. The molecule has 1 atom stereocenters. The molecule has 1 aliphatic rings. The van der Waals surface area contributed by atoms with Crippen molar-refractivity contribution in [2.24, 2.45) is 0 Å². The lowest BCUT2D eigenvalue weighted by Gasteiger charge is -2.23. The lowest BCUT2D eigenvalue weighted by molar-refractivity contribution is -0.0408. The Morgan fingerprint density at radius 2 is 2.27 bits per heavy atom. The van der Waals surface area contributed by atoms with Crippen molar-refractivity contribution in [3.63, 3.8) is 0 Å². The van der Waals surface area contributed by atoms with Gasteiger partial charge in [-0.05, 0) is 38.2 Å². The van der Waals surface area contributed by atoms with Gasteiger partial charge in [0.1, 0.15) is 6.23 Å². The molecule has 0 spiro atoms. The molecule has 0 aromatic carbocycles. The summed E-state index contributed by atoms with van der Waals surface area (Å²) in [6.45, 7) is 7.33. The van der Waals surface area contributed by atoms with E-state index in [1.165, 1.54) is 24.2 Å². The van der Waals surface area contributed by atoms with Crippen LogP contribution in [0.1, 0.15) is 56.6 Å². The van der Waals surface area contributed by atoms with Gasteiger partial charge in [0, 0.05) is 12.3 Å². The van der Waals surface area contributed by atoms with Crippen LogP contribution in [0, 0.1) is 6.92 Å². The zero-order chi connectivity index (χ0) is 10.8. The fourth-order valence-electron chi connectivity index (χ4n) is 2.00. The standard InChI is InChI=1S/C12H20N2O/c1-9(2)11-8-10(3)14(13-11)12-6-4-5-7-15-12/h8-9,12H,4-7H2,1-3H3. The predicted octanol–water partition coefficient (Wildman–Crippen LogP) is 3.01. The van der Waals surface area contributed by atoms with Gasteiger partial charge in [-0.2, -0.15) is 5.10 Å². The number of ether oxygens (including phenoxy) is 1. The first-order valence-corrected chi connectivity index (χ1v) is 5.86. The molecular formula is C12H20N2O. The maximum atomic E-state index is 5.74. The van der Waals surface area contributed by atoms with Crippen LogP contribution in [0.25, 0.3) is 0 Å². The molecule has 0 amide bonds. The van der Waals surface area contributed by atoms with Crippen LogP contribution < -0.4 is 0 Å². The van der Waals surface area contributed by atoms with Crippen molar-refractivity contribution in [2.75, 3.05) is 6.61 Å². The third-order valence-corrected chi connectivity index (χ3v) is 2.96. The van der Waals surface area contributed by atoms with Gasteiger partial charge in [-0.3, -0.25) is 0 Å². The SMILES string of the molecule is Cc1cc(C(C)C)nn1C1CCCCO1. The lowest BCUT2D eigenvalue weighted by atomic mass is 10.1. The Labute approximate surface area is 91.4 Å². The molecule has 15 heavy (non-hydrogen) atoms. The summed E-state index contributed by atoms with van der Waals surface area (Å²) in [5.74, 6) is 0.494. The molecule has 0 bridgehead atoms. The topological polar surface area (TPSA) is 27.1 Å². The quantitative estimate of drug-likeness (QED) is 0.747. The molecule has 2 heterocycles. The van der Waals surface area contributed by atoms with Gasteiger partial charge < -0.3 is 4.74 Å². The summed E-state index contributed by atoms with van der Waals surface area (Å²) >= 11 is 0. The summed E-state index contributed by atoms with van der Waals surface area (Å²) in [5.41, 5.74) is 2.38. The molecule has 1 unspecified atom stereocenters. The second-order valence-electron chi connectivity index (χ2n) is 4.63. The van der Waals surface area contributed by atoms with Gasteiger partial charge in [0.2, 0.25) is 0 Å². The first-order chi connectivity index (χ1) is 7.18. The van der Waals surface area contributed by atoms with Gasteiger partial charge in [0.15, 0.2) is 0 Å². The van der Waals surface area contributed by atoms with Crippen LogP contribution in [0.3, 0.4) is 0 Å². The van der Waals surface area contributed by atoms with Crippen molar-refractivity contribution in [1.82, 2.24) is 9.78 Å². The first kappa shape index (κ1) is 10.7. The average Bonchev–Trinajstić information content (AvgIpc) is 2.62. The van der Waals surface area contributed by atoms with E-state index in [2.05, 4.69) is 36.6 Å². The Kier molecular flexibility index (Phi) is 3.10. The van der Waals surface area contributed by atoms with Gasteiger partial charge in [-0.25, -0.2) is 4.68 Å². The molecule has 3 heteroatoms. The molecular weight excluding hydrogens is 188 g/mol. The number of nitrogens with zero attached hydrogens (tertiary/aromatic N) is 2. The van der Waals surface area contributed by atoms with Crippen molar-refractivity contribution in [1.29, 1.82) is 0 Å². The van der Waals surface area contributed by atoms with E-state index in [4.69, 9.17) is 4.74 Å². The van der Waals surface area contributed by atoms with E-state index in [-0.39, 0.29) is 6.23 Å². The van der Waals surface area contributed by atoms with Crippen LogP contribution in [-0.4, -0.2) is 16.4 Å². The maximum Gasteiger partial charge on any atom is 0.150 e. The third-order valence-electron chi connectivity index (χ3n) is 2.96.